The topological polar surface area (TPSA) is 32.7 Å². The van der Waals surface area contributed by atoms with Crippen molar-refractivity contribution in [3.8, 4) is 0 Å². The molecule has 0 radical (unpaired) electrons. The zero-order chi connectivity index (χ0) is 10.1. The van der Waals surface area contributed by atoms with Gasteiger partial charge in [0.25, 0.3) is 0 Å². The summed E-state index contributed by atoms with van der Waals surface area (Å²) in [6, 6.07) is 0.665. The van der Waals surface area contributed by atoms with E-state index in [1.807, 2.05) is 0 Å². The number of hydrogen-bond acceptors (Lipinski definition) is 3. The molecule has 1 saturated carbocycles. The van der Waals surface area contributed by atoms with Crippen LogP contribution in [0.4, 0.5) is 0 Å². The Morgan fingerprint density at radius 3 is 2.71 bits per heavy atom. The molecule has 1 N–H and O–H groups in total. The summed E-state index contributed by atoms with van der Waals surface area (Å²) in [4.78, 5) is 2.43. The Kier molecular flexibility index (Phi) is 3.68. The Hall–Kier alpha value is 0.610. The first-order chi connectivity index (χ1) is 6.70. The van der Waals surface area contributed by atoms with Gasteiger partial charge in [0, 0.05) is 23.6 Å². The van der Waals surface area contributed by atoms with Crippen LogP contribution in [0.15, 0.2) is 0 Å². The van der Waals surface area contributed by atoms with Crippen molar-refractivity contribution in [2.75, 3.05) is 20.2 Å². The van der Waals surface area contributed by atoms with E-state index in [-0.39, 0.29) is 6.10 Å². The summed E-state index contributed by atoms with van der Waals surface area (Å²) >= 11 is 2.36. The van der Waals surface area contributed by atoms with E-state index in [1.165, 1.54) is 0 Å². The number of β-amino-alcohol motifs (C(OH)–C–C–N with tert-alkyl or cyclic N) is 1. The predicted octanol–water partition coefficient (Wildman–Crippen LogP) is 1.03. The van der Waals surface area contributed by atoms with Gasteiger partial charge in [-0.25, -0.2) is 0 Å². The predicted molar refractivity (Wildman–Crippen MR) is 63.8 cm³/mol. The van der Waals surface area contributed by atoms with Gasteiger partial charge in [-0.05, 0) is 25.8 Å². The van der Waals surface area contributed by atoms with E-state index in [2.05, 4.69) is 27.5 Å². The molecule has 2 atom stereocenters. The molecule has 14 heavy (non-hydrogen) atoms. The number of rotatable bonds is 2. The Bertz CT molecular complexity index is 197. The number of aliphatic hydroxyl groups excluding tert-OH is 1. The third-order valence-electron chi connectivity index (χ3n) is 3.45. The van der Waals surface area contributed by atoms with E-state index >= 15 is 0 Å². The van der Waals surface area contributed by atoms with Crippen LogP contribution in [0.1, 0.15) is 19.3 Å². The molecular formula is C10H18INO2. The van der Waals surface area contributed by atoms with Gasteiger partial charge in [0.05, 0.1) is 12.2 Å². The SMILES string of the molecule is CO[C@H]1C[C@H](N2CC[C@H](I)[C@@H](O)C2)C1. The molecule has 2 fully saturated rings. The molecular weight excluding hydrogens is 293 g/mol. The summed E-state index contributed by atoms with van der Waals surface area (Å²) in [6.07, 6.45) is 3.75. The van der Waals surface area contributed by atoms with Crippen LogP contribution in [0.3, 0.4) is 0 Å². The zero-order valence-electron chi connectivity index (χ0n) is 8.53. The monoisotopic (exact) mass is 311 g/mol. The normalized spacial score (nSPS) is 44.8. The second-order valence-electron chi connectivity index (χ2n) is 4.35. The lowest BCUT2D eigenvalue weighted by molar-refractivity contribution is -0.0480. The largest absolute Gasteiger partial charge is 0.391 e. The first-order valence-corrected chi connectivity index (χ1v) is 6.54. The van der Waals surface area contributed by atoms with Crippen molar-refractivity contribution in [3.05, 3.63) is 0 Å². The number of aliphatic hydroxyl groups is 1. The van der Waals surface area contributed by atoms with E-state index in [1.54, 1.807) is 7.11 Å². The maximum Gasteiger partial charge on any atom is 0.0785 e. The van der Waals surface area contributed by atoms with E-state index in [4.69, 9.17) is 4.74 Å². The minimum absolute atomic E-state index is 0.133. The second-order valence-corrected chi connectivity index (χ2v) is 5.95. The fraction of sp³-hybridized carbons (Fsp3) is 1.00. The van der Waals surface area contributed by atoms with Crippen LogP contribution in [0.5, 0.6) is 0 Å². The molecule has 2 aliphatic rings. The highest BCUT2D eigenvalue weighted by Crippen LogP contribution is 2.31. The van der Waals surface area contributed by atoms with Gasteiger partial charge in [0.15, 0.2) is 0 Å². The van der Waals surface area contributed by atoms with E-state index in [9.17, 15) is 5.11 Å². The lowest BCUT2D eigenvalue weighted by Crippen LogP contribution is -2.54. The maximum absolute atomic E-state index is 9.76. The molecule has 0 spiro atoms. The van der Waals surface area contributed by atoms with Crippen LogP contribution >= 0.6 is 22.6 Å². The lowest BCUT2D eigenvalue weighted by Gasteiger charge is -2.45. The van der Waals surface area contributed by atoms with Crippen LogP contribution in [-0.4, -0.2) is 52.4 Å². The van der Waals surface area contributed by atoms with Crippen LogP contribution < -0.4 is 0 Å². The summed E-state index contributed by atoms with van der Waals surface area (Å²) in [5.41, 5.74) is 0. The third-order valence-corrected chi connectivity index (χ3v) is 4.90. The Labute approximate surface area is 98.9 Å². The molecule has 0 bridgehead atoms. The quantitative estimate of drug-likeness (QED) is 0.611. The van der Waals surface area contributed by atoms with Crippen molar-refractivity contribution < 1.29 is 9.84 Å². The third kappa shape index (κ3) is 2.23. The molecule has 2 rings (SSSR count). The van der Waals surface area contributed by atoms with Crippen LogP contribution in [0.2, 0.25) is 0 Å². The average Bonchev–Trinajstić information content (AvgIpc) is 2.09. The van der Waals surface area contributed by atoms with E-state index in [0.29, 0.717) is 16.1 Å². The lowest BCUT2D eigenvalue weighted by atomic mass is 9.86. The summed E-state index contributed by atoms with van der Waals surface area (Å²) in [7, 11) is 1.78. The van der Waals surface area contributed by atoms with Crippen LogP contribution in [0, 0.1) is 0 Å². The van der Waals surface area contributed by atoms with Crippen LogP contribution in [-0.2, 0) is 4.74 Å². The highest BCUT2D eigenvalue weighted by Gasteiger charge is 2.37. The molecule has 0 aromatic heterocycles. The zero-order valence-corrected chi connectivity index (χ0v) is 10.7. The van der Waals surface area contributed by atoms with Gasteiger partial charge in [-0.3, -0.25) is 4.90 Å². The first kappa shape index (κ1) is 11.1. The van der Waals surface area contributed by atoms with Gasteiger partial charge in [-0.15, -0.1) is 0 Å². The number of methoxy groups -OCH3 is 1. The Morgan fingerprint density at radius 1 is 1.43 bits per heavy atom. The molecule has 1 aliphatic heterocycles. The molecule has 4 heteroatoms. The molecule has 3 nitrogen and oxygen atoms in total. The van der Waals surface area contributed by atoms with Crippen molar-refractivity contribution in [2.45, 2.75) is 41.4 Å². The number of hydrogen-bond donors (Lipinski definition) is 1. The molecule has 1 heterocycles. The summed E-state index contributed by atoms with van der Waals surface area (Å²) in [6.45, 7) is 2.00. The number of nitrogens with zero attached hydrogens (tertiary/aromatic N) is 1. The smallest absolute Gasteiger partial charge is 0.0785 e. The number of likely N-dealkylation sites (tertiary alicyclic amines) is 1. The van der Waals surface area contributed by atoms with Crippen molar-refractivity contribution in [1.29, 1.82) is 0 Å². The fourth-order valence-corrected chi connectivity index (χ4v) is 2.79. The van der Waals surface area contributed by atoms with Gasteiger partial charge in [-0.1, -0.05) is 22.6 Å². The molecule has 1 saturated heterocycles. The summed E-state index contributed by atoms with van der Waals surface area (Å²) < 4.78 is 5.71. The fourth-order valence-electron chi connectivity index (χ4n) is 2.29. The molecule has 0 aromatic rings. The van der Waals surface area contributed by atoms with Gasteiger partial charge in [-0.2, -0.15) is 0 Å². The molecule has 0 aromatic carbocycles. The highest BCUT2D eigenvalue weighted by atomic mass is 127. The standard InChI is InChI=1S/C10H18INO2/c1-14-8-4-7(5-8)12-3-2-9(11)10(13)6-12/h7-10,13H,2-6H2,1H3/t7-,8-,9-,10-/m0/s1. The number of piperidine rings is 1. The second kappa shape index (κ2) is 4.63. The number of ether oxygens (including phenoxy) is 1. The van der Waals surface area contributed by atoms with Gasteiger partial charge in [0.1, 0.15) is 0 Å². The Balaban J connectivity index is 1.78. The number of alkyl halides is 1. The minimum Gasteiger partial charge on any atom is -0.391 e. The maximum atomic E-state index is 9.76. The average molecular weight is 311 g/mol. The number of halogens is 1. The van der Waals surface area contributed by atoms with Gasteiger partial charge < -0.3 is 9.84 Å². The first-order valence-electron chi connectivity index (χ1n) is 5.29. The summed E-state index contributed by atoms with van der Waals surface area (Å²) in [5.74, 6) is 0. The Morgan fingerprint density at radius 2 is 2.14 bits per heavy atom. The van der Waals surface area contributed by atoms with Crippen molar-refractivity contribution >= 4 is 22.6 Å². The van der Waals surface area contributed by atoms with E-state index < -0.39 is 0 Å². The van der Waals surface area contributed by atoms with E-state index in [0.717, 1.165) is 32.4 Å². The van der Waals surface area contributed by atoms with Crippen LogP contribution in [0.25, 0.3) is 0 Å². The van der Waals surface area contributed by atoms with Gasteiger partial charge in [0.2, 0.25) is 0 Å². The highest BCUT2D eigenvalue weighted by molar-refractivity contribution is 14.1. The van der Waals surface area contributed by atoms with Crippen molar-refractivity contribution in [2.24, 2.45) is 0 Å². The van der Waals surface area contributed by atoms with Crippen molar-refractivity contribution in [3.63, 3.8) is 0 Å². The molecule has 0 amide bonds. The molecule has 1 aliphatic carbocycles. The summed E-state index contributed by atoms with van der Waals surface area (Å²) in [5, 5.41) is 9.76. The van der Waals surface area contributed by atoms with Crippen molar-refractivity contribution in [1.82, 2.24) is 4.90 Å². The molecule has 0 unspecified atom stereocenters. The van der Waals surface area contributed by atoms with Gasteiger partial charge >= 0.3 is 0 Å². The minimum atomic E-state index is -0.133. The molecule has 82 valence electrons.